The number of hydrazone groups is 1. The van der Waals surface area contributed by atoms with Gasteiger partial charge in [0.15, 0.2) is 0 Å². The van der Waals surface area contributed by atoms with Crippen molar-refractivity contribution in [1.82, 2.24) is 25.1 Å². The first-order valence-corrected chi connectivity index (χ1v) is 11.6. The van der Waals surface area contributed by atoms with E-state index in [1.165, 1.54) is 12.1 Å². The number of hydrogen-bond donors (Lipinski definition) is 3. The van der Waals surface area contributed by atoms with Crippen LogP contribution >= 0.6 is 11.6 Å². The lowest BCUT2D eigenvalue weighted by atomic mass is 10.1. The van der Waals surface area contributed by atoms with Crippen molar-refractivity contribution in [2.45, 2.75) is 13.8 Å². The molecule has 2 heterocycles. The van der Waals surface area contributed by atoms with Crippen molar-refractivity contribution in [3.63, 3.8) is 0 Å². The number of H-pyrrole nitrogens is 1. The molecule has 0 saturated carbocycles. The topological polar surface area (TPSA) is 116 Å². The summed E-state index contributed by atoms with van der Waals surface area (Å²) in [5, 5.41) is 15.0. The lowest BCUT2D eigenvalue weighted by Gasteiger charge is -2.19. The highest BCUT2D eigenvalue weighted by molar-refractivity contribution is 6.31. The summed E-state index contributed by atoms with van der Waals surface area (Å²) in [6, 6.07) is 11.3. The largest absolute Gasteiger partial charge is 0.495 e. The van der Waals surface area contributed by atoms with Crippen LogP contribution in [0.3, 0.4) is 0 Å². The van der Waals surface area contributed by atoms with Crippen molar-refractivity contribution in [3.05, 3.63) is 65.1 Å². The molecule has 0 aliphatic rings. The Balaban J connectivity index is 1.60. The second-order valence-corrected chi connectivity index (χ2v) is 7.94. The van der Waals surface area contributed by atoms with E-state index < -0.39 is 0 Å². The normalized spacial score (nSPS) is 11.0. The van der Waals surface area contributed by atoms with Crippen LogP contribution in [-0.4, -0.2) is 51.6 Å². The summed E-state index contributed by atoms with van der Waals surface area (Å²) in [5.41, 5.74) is 5.66. The van der Waals surface area contributed by atoms with Gasteiger partial charge in [0.2, 0.25) is 17.8 Å². The molecule has 0 bridgehead atoms. The highest BCUT2D eigenvalue weighted by Crippen LogP contribution is 2.30. The first-order chi connectivity index (χ1) is 17.5. The molecule has 0 spiro atoms. The molecular formula is C24H25ClFN9O. The fourth-order valence-corrected chi connectivity index (χ4v) is 3.59. The van der Waals surface area contributed by atoms with E-state index in [0.717, 1.165) is 5.56 Å². The average Bonchev–Trinajstić information content (AvgIpc) is 3.34. The van der Waals surface area contributed by atoms with Gasteiger partial charge in [-0.3, -0.25) is 5.10 Å². The summed E-state index contributed by atoms with van der Waals surface area (Å²) in [4.78, 5) is 15.5. The Bertz CT molecular complexity index is 1340. The third-order valence-electron chi connectivity index (χ3n) is 5.25. The molecule has 10 nitrogen and oxygen atoms in total. The molecule has 36 heavy (non-hydrogen) atoms. The fourth-order valence-electron chi connectivity index (χ4n) is 3.42. The summed E-state index contributed by atoms with van der Waals surface area (Å²) >= 11 is 6.17. The molecule has 4 aromatic rings. The molecule has 12 heteroatoms. The number of anilines is 4. The molecule has 0 amide bonds. The number of aromatic amines is 1. The molecule has 0 unspecified atom stereocenters. The van der Waals surface area contributed by atoms with Crippen LogP contribution in [0.4, 0.5) is 27.9 Å². The van der Waals surface area contributed by atoms with Crippen LogP contribution in [0.2, 0.25) is 5.02 Å². The van der Waals surface area contributed by atoms with Crippen molar-refractivity contribution in [1.29, 1.82) is 0 Å². The standard InChI is InChI=1S/C24H25ClFN9O/c1-4-35(5-2)24-31-22(29-19-12-17(25)8-11-20(19)36-3)30-23(32-24)34-28-14-16-13-27-33-21(16)15-6-9-18(26)10-7-15/h6-14H,4-5H2,1-3H3,(H,27,33)(H2,29,30,31,32,34). The molecule has 0 aliphatic heterocycles. The number of aromatic nitrogens is 5. The van der Waals surface area contributed by atoms with Gasteiger partial charge in [-0.05, 0) is 56.3 Å². The van der Waals surface area contributed by atoms with Gasteiger partial charge in [-0.1, -0.05) is 11.6 Å². The number of rotatable bonds is 10. The van der Waals surface area contributed by atoms with E-state index >= 15 is 0 Å². The summed E-state index contributed by atoms with van der Waals surface area (Å²) in [6.45, 7) is 5.45. The van der Waals surface area contributed by atoms with Crippen molar-refractivity contribution < 1.29 is 9.13 Å². The number of hydrogen-bond acceptors (Lipinski definition) is 9. The van der Waals surface area contributed by atoms with Crippen LogP contribution in [0, 0.1) is 5.82 Å². The molecule has 0 atom stereocenters. The minimum Gasteiger partial charge on any atom is -0.495 e. The number of nitrogens with zero attached hydrogens (tertiary/aromatic N) is 6. The smallest absolute Gasteiger partial charge is 0.250 e. The van der Waals surface area contributed by atoms with E-state index in [-0.39, 0.29) is 11.8 Å². The second kappa shape index (κ2) is 11.5. The number of nitrogens with one attached hydrogen (secondary N) is 3. The van der Waals surface area contributed by atoms with E-state index in [9.17, 15) is 4.39 Å². The zero-order valence-electron chi connectivity index (χ0n) is 20.0. The van der Waals surface area contributed by atoms with E-state index in [4.69, 9.17) is 16.3 Å². The van der Waals surface area contributed by atoms with Crippen molar-refractivity contribution in [3.8, 4) is 17.0 Å². The Morgan fingerprint density at radius 1 is 1.08 bits per heavy atom. The summed E-state index contributed by atoms with van der Waals surface area (Å²) in [6.07, 6.45) is 3.20. The first kappa shape index (κ1) is 24.9. The minimum atomic E-state index is -0.311. The quantitative estimate of drug-likeness (QED) is 0.200. The van der Waals surface area contributed by atoms with E-state index in [1.54, 1.807) is 49.9 Å². The van der Waals surface area contributed by atoms with Crippen LogP contribution < -0.4 is 20.4 Å². The molecule has 2 aromatic heterocycles. The first-order valence-electron chi connectivity index (χ1n) is 11.2. The summed E-state index contributed by atoms with van der Waals surface area (Å²) in [5.74, 6) is 1.28. The molecule has 4 rings (SSSR count). The van der Waals surface area contributed by atoms with Gasteiger partial charge in [0.1, 0.15) is 11.6 Å². The zero-order chi connectivity index (χ0) is 25.5. The maximum atomic E-state index is 13.3. The zero-order valence-corrected chi connectivity index (χ0v) is 20.7. The van der Waals surface area contributed by atoms with Crippen LogP contribution in [-0.2, 0) is 0 Å². The second-order valence-electron chi connectivity index (χ2n) is 7.50. The van der Waals surface area contributed by atoms with Gasteiger partial charge in [0.05, 0.1) is 30.9 Å². The Morgan fingerprint density at radius 2 is 1.83 bits per heavy atom. The Morgan fingerprint density at radius 3 is 2.56 bits per heavy atom. The third kappa shape index (κ3) is 5.87. The van der Waals surface area contributed by atoms with Crippen molar-refractivity contribution in [2.24, 2.45) is 5.10 Å². The molecular weight excluding hydrogens is 485 g/mol. The van der Waals surface area contributed by atoms with E-state index in [0.29, 0.717) is 52.7 Å². The number of methoxy groups -OCH3 is 1. The predicted molar refractivity (Wildman–Crippen MR) is 140 cm³/mol. The summed E-state index contributed by atoms with van der Waals surface area (Å²) < 4.78 is 18.7. The van der Waals surface area contributed by atoms with Gasteiger partial charge in [-0.2, -0.15) is 25.2 Å². The van der Waals surface area contributed by atoms with Gasteiger partial charge in [-0.25, -0.2) is 9.82 Å². The lowest BCUT2D eigenvalue weighted by molar-refractivity contribution is 0.417. The van der Waals surface area contributed by atoms with Crippen LogP contribution in [0.15, 0.2) is 53.8 Å². The van der Waals surface area contributed by atoms with Gasteiger partial charge < -0.3 is 15.0 Å². The fraction of sp³-hybridized carbons (Fsp3) is 0.208. The van der Waals surface area contributed by atoms with Crippen LogP contribution in [0.1, 0.15) is 19.4 Å². The molecule has 2 aromatic carbocycles. The number of benzene rings is 2. The van der Waals surface area contributed by atoms with Crippen molar-refractivity contribution in [2.75, 3.05) is 35.8 Å². The highest BCUT2D eigenvalue weighted by Gasteiger charge is 2.13. The number of ether oxygens (including phenoxy) is 1. The Hall–Kier alpha value is -4.25. The maximum Gasteiger partial charge on any atom is 0.250 e. The monoisotopic (exact) mass is 509 g/mol. The van der Waals surface area contributed by atoms with Gasteiger partial charge in [-0.15, -0.1) is 0 Å². The van der Waals surface area contributed by atoms with E-state index in [1.807, 2.05) is 18.7 Å². The molecule has 0 fully saturated rings. The highest BCUT2D eigenvalue weighted by atomic mass is 35.5. The van der Waals surface area contributed by atoms with Crippen LogP contribution in [0.5, 0.6) is 5.75 Å². The molecule has 0 saturated heterocycles. The van der Waals surface area contributed by atoms with Crippen molar-refractivity contribution >= 4 is 41.3 Å². The van der Waals surface area contributed by atoms with Crippen LogP contribution in [0.25, 0.3) is 11.3 Å². The Kier molecular flexibility index (Phi) is 7.91. The molecule has 0 radical (unpaired) electrons. The van der Waals surface area contributed by atoms with Gasteiger partial charge >= 0.3 is 0 Å². The third-order valence-corrected chi connectivity index (χ3v) is 5.48. The maximum absolute atomic E-state index is 13.3. The predicted octanol–water partition coefficient (Wildman–Crippen LogP) is 5.10. The molecule has 186 valence electrons. The van der Waals surface area contributed by atoms with Gasteiger partial charge in [0.25, 0.3) is 0 Å². The van der Waals surface area contributed by atoms with E-state index in [2.05, 4.69) is 41.0 Å². The Labute approximate surface area is 212 Å². The van der Waals surface area contributed by atoms with Gasteiger partial charge in [0, 0.05) is 29.2 Å². The SMILES string of the molecule is CCN(CC)c1nc(NN=Cc2cn[nH]c2-c2ccc(F)cc2)nc(Nc2cc(Cl)ccc2OC)n1. The lowest BCUT2D eigenvalue weighted by Crippen LogP contribution is -2.25. The summed E-state index contributed by atoms with van der Waals surface area (Å²) in [7, 11) is 1.57. The molecule has 3 N–H and O–H groups in total. The number of halogens is 2. The average molecular weight is 510 g/mol. The molecule has 0 aliphatic carbocycles. The minimum absolute atomic E-state index is 0.235.